The Bertz CT molecular complexity index is 1310. The number of hydrogen-bond acceptors (Lipinski definition) is 5. The van der Waals surface area contributed by atoms with Gasteiger partial charge in [0.15, 0.2) is 5.16 Å². The SMILES string of the molecule is CCc1ccc(-n2c(SCC(=O)Nc3cc(C)nn3C)nc3ccccc3c2=O)cc1. The lowest BCUT2D eigenvalue weighted by Gasteiger charge is -2.13. The summed E-state index contributed by atoms with van der Waals surface area (Å²) in [5.41, 5.74) is 3.20. The summed E-state index contributed by atoms with van der Waals surface area (Å²) in [7, 11) is 1.78. The molecule has 2 heterocycles. The number of hydrogen-bond donors (Lipinski definition) is 1. The van der Waals surface area contributed by atoms with E-state index in [0.717, 1.165) is 17.8 Å². The Morgan fingerprint density at radius 2 is 1.87 bits per heavy atom. The molecule has 0 saturated carbocycles. The van der Waals surface area contributed by atoms with Crippen molar-refractivity contribution < 1.29 is 4.79 Å². The summed E-state index contributed by atoms with van der Waals surface area (Å²) in [5, 5.41) is 8.11. The summed E-state index contributed by atoms with van der Waals surface area (Å²) < 4.78 is 3.20. The molecule has 7 nitrogen and oxygen atoms in total. The van der Waals surface area contributed by atoms with Crippen LogP contribution in [0.3, 0.4) is 0 Å². The van der Waals surface area contributed by atoms with Crippen molar-refractivity contribution in [2.45, 2.75) is 25.4 Å². The smallest absolute Gasteiger partial charge is 0.266 e. The normalized spacial score (nSPS) is 11.1. The Balaban J connectivity index is 1.67. The number of rotatable bonds is 6. The maximum Gasteiger partial charge on any atom is 0.266 e. The van der Waals surface area contributed by atoms with Crippen LogP contribution in [0.15, 0.2) is 64.5 Å². The number of para-hydroxylation sites is 1. The molecule has 158 valence electrons. The Labute approximate surface area is 184 Å². The predicted molar refractivity (Wildman–Crippen MR) is 124 cm³/mol. The fourth-order valence-corrected chi connectivity index (χ4v) is 4.17. The number of carbonyl (C=O) groups excluding carboxylic acids is 1. The number of amides is 1. The van der Waals surface area contributed by atoms with Gasteiger partial charge in [-0.25, -0.2) is 4.98 Å². The van der Waals surface area contributed by atoms with E-state index >= 15 is 0 Å². The van der Waals surface area contributed by atoms with Gasteiger partial charge in [-0.3, -0.25) is 18.8 Å². The van der Waals surface area contributed by atoms with Crippen LogP contribution < -0.4 is 10.9 Å². The van der Waals surface area contributed by atoms with Gasteiger partial charge in [0.05, 0.1) is 28.0 Å². The third-order valence-electron chi connectivity index (χ3n) is 4.95. The van der Waals surface area contributed by atoms with E-state index in [9.17, 15) is 9.59 Å². The van der Waals surface area contributed by atoms with Gasteiger partial charge in [-0.2, -0.15) is 5.10 Å². The Morgan fingerprint density at radius 3 is 2.55 bits per heavy atom. The largest absolute Gasteiger partial charge is 0.310 e. The molecule has 0 radical (unpaired) electrons. The number of aryl methyl sites for hydroxylation is 3. The van der Waals surface area contributed by atoms with Crippen molar-refractivity contribution in [1.82, 2.24) is 19.3 Å². The first-order valence-electron chi connectivity index (χ1n) is 10.0. The molecule has 4 rings (SSSR count). The van der Waals surface area contributed by atoms with Gasteiger partial charge in [0.2, 0.25) is 5.91 Å². The minimum Gasteiger partial charge on any atom is -0.310 e. The van der Waals surface area contributed by atoms with Gasteiger partial charge in [-0.15, -0.1) is 0 Å². The standard InChI is InChI=1S/C23H23N5O2S/c1-4-16-9-11-17(12-10-16)28-22(30)18-7-5-6-8-19(18)24-23(28)31-14-21(29)25-20-13-15(2)26-27(20)3/h5-13H,4,14H2,1-3H3,(H,25,29). The van der Waals surface area contributed by atoms with E-state index in [4.69, 9.17) is 0 Å². The van der Waals surface area contributed by atoms with Gasteiger partial charge in [0.1, 0.15) is 5.82 Å². The second kappa shape index (κ2) is 8.77. The average molecular weight is 434 g/mol. The topological polar surface area (TPSA) is 81.8 Å². The van der Waals surface area contributed by atoms with Crippen molar-refractivity contribution >= 4 is 34.4 Å². The molecule has 1 N–H and O–H groups in total. The third kappa shape index (κ3) is 4.39. The Morgan fingerprint density at radius 1 is 1.13 bits per heavy atom. The number of carbonyl (C=O) groups is 1. The van der Waals surface area contributed by atoms with Gasteiger partial charge in [0.25, 0.3) is 5.56 Å². The number of anilines is 1. The summed E-state index contributed by atoms with van der Waals surface area (Å²) in [5.74, 6) is 0.549. The molecule has 0 unspecified atom stereocenters. The first-order chi connectivity index (χ1) is 15.0. The molecule has 0 spiro atoms. The maximum atomic E-state index is 13.3. The van der Waals surface area contributed by atoms with Crippen LogP contribution in [-0.2, 0) is 18.3 Å². The van der Waals surface area contributed by atoms with Crippen LogP contribution in [0, 0.1) is 6.92 Å². The molecule has 0 saturated heterocycles. The lowest BCUT2D eigenvalue weighted by Crippen LogP contribution is -2.23. The molecule has 8 heteroatoms. The lowest BCUT2D eigenvalue weighted by molar-refractivity contribution is -0.113. The van der Waals surface area contributed by atoms with Crippen LogP contribution in [0.4, 0.5) is 5.82 Å². The molecule has 0 aliphatic rings. The molecule has 0 aliphatic carbocycles. The molecular weight excluding hydrogens is 410 g/mol. The molecule has 2 aromatic carbocycles. The second-order valence-corrected chi connectivity index (χ2v) is 8.15. The number of fused-ring (bicyclic) bond motifs is 1. The first kappa shape index (κ1) is 20.9. The predicted octanol–water partition coefficient (Wildman–Crippen LogP) is 3.72. The van der Waals surface area contributed by atoms with E-state index in [2.05, 4.69) is 22.3 Å². The number of aromatic nitrogens is 4. The van der Waals surface area contributed by atoms with Gasteiger partial charge >= 0.3 is 0 Å². The van der Waals surface area contributed by atoms with Crippen molar-refractivity contribution in [3.8, 4) is 5.69 Å². The van der Waals surface area contributed by atoms with E-state index in [0.29, 0.717) is 21.9 Å². The zero-order valence-corrected chi connectivity index (χ0v) is 18.4. The fraction of sp³-hybridized carbons (Fsp3) is 0.217. The van der Waals surface area contributed by atoms with E-state index < -0.39 is 0 Å². The van der Waals surface area contributed by atoms with Crippen molar-refractivity contribution in [2.24, 2.45) is 7.05 Å². The van der Waals surface area contributed by atoms with Crippen LogP contribution in [0.2, 0.25) is 0 Å². The molecule has 2 aromatic heterocycles. The number of thioether (sulfide) groups is 1. The third-order valence-corrected chi connectivity index (χ3v) is 5.89. The highest BCUT2D eigenvalue weighted by Crippen LogP contribution is 2.22. The number of nitrogens with zero attached hydrogens (tertiary/aromatic N) is 4. The van der Waals surface area contributed by atoms with Gasteiger partial charge < -0.3 is 5.32 Å². The average Bonchev–Trinajstić information content (AvgIpc) is 3.09. The summed E-state index contributed by atoms with van der Waals surface area (Å²) in [6, 6.07) is 16.9. The fourth-order valence-electron chi connectivity index (χ4n) is 3.35. The van der Waals surface area contributed by atoms with Crippen molar-refractivity contribution in [3.05, 3.63) is 76.2 Å². The van der Waals surface area contributed by atoms with Crippen LogP contribution in [0.1, 0.15) is 18.2 Å². The zero-order chi connectivity index (χ0) is 22.0. The highest BCUT2D eigenvalue weighted by atomic mass is 32.2. The molecule has 0 bridgehead atoms. The van der Waals surface area contributed by atoms with Crippen LogP contribution in [0.5, 0.6) is 0 Å². The van der Waals surface area contributed by atoms with E-state index in [-0.39, 0.29) is 17.2 Å². The molecule has 31 heavy (non-hydrogen) atoms. The van der Waals surface area contributed by atoms with E-state index in [1.165, 1.54) is 17.3 Å². The number of benzene rings is 2. The number of nitrogens with one attached hydrogen (secondary N) is 1. The van der Waals surface area contributed by atoms with Gasteiger partial charge in [0, 0.05) is 13.1 Å². The molecular formula is C23H23N5O2S. The van der Waals surface area contributed by atoms with Crippen molar-refractivity contribution in [1.29, 1.82) is 0 Å². The highest BCUT2D eigenvalue weighted by Gasteiger charge is 2.15. The summed E-state index contributed by atoms with van der Waals surface area (Å²) in [6.45, 7) is 3.95. The van der Waals surface area contributed by atoms with Crippen LogP contribution >= 0.6 is 11.8 Å². The quantitative estimate of drug-likeness (QED) is 0.370. The minimum absolute atomic E-state index is 0.113. The van der Waals surface area contributed by atoms with Crippen molar-refractivity contribution in [3.63, 3.8) is 0 Å². The first-order valence-corrected chi connectivity index (χ1v) is 11.0. The molecule has 4 aromatic rings. The Kier molecular flexibility index (Phi) is 5.90. The summed E-state index contributed by atoms with van der Waals surface area (Å²) >= 11 is 1.23. The van der Waals surface area contributed by atoms with Crippen molar-refractivity contribution in [2.75, 3.05) is 11.1 Å². The molecule has 0 fully saturated rings. The van der Waals surface area contributed by atoms with E-state index in [1.807, 2.05) is 55.5 Å². The monoisotopic (exact) mass is 433 g/mol. The minimum atomic E-state index is -0.191. The summed E-state index contributed by atoms with van der Waals surface area (Å²) in [6.07, 6.45) is 0.917. The van der Waals surface area contributed by atoms with Crippen LogP contribution in [-0.4, -0.2) is 31.0 Å². The van der Waals surface area contributed by atoms with Gasteiger partial charge in [-0.1, -0.05) is 43.0 Å². The maximum absolute atomic E-state index is 13.3. The molecule has 1 amide bonds. The Hall–Kier alpha value is -3.39. The summed E-state index contributed by atoms with van der Waals surface area (Å²) in [4.78, 5) is 30.5. The second-order valence-electron chi connectivity index (χ2n) is 7.20. The van der Waals surface area contributed by atoms with Gasteiger partial charge in [-0.05, 0) is 43.2 Å². The molecule has 0 atom stereocenters. The molecule has 0 aliphatic heterocycles. The zero-order valence-electron chi connectivity index (χ0n) is 17.6. The van der Waals surface area contributed by atoms with Crippen LogP contribution in [0.25, 0.3) is 16.6 Å². The van der Waals surface area contributed by atoms with E-state index in [1.54, 1.807) is 22.4 Å². The lowest BCUT2D eigenvalue weighted by atomic mass is 10.1. The highest BCUT2D eigenvalue weighted by molar-refractivity contribution is 7.99.